The Morgan fingerprint density at radius 2 is 1.74 bits per heavy atom. The lowest BCUT2D eigenvalue weighted by molar-refractivity contribution is -0.137. The summed E-state index contributed by atoms with van der Waals surface area (Å²) in [5.74, 6) is 0.948. The predicted octanol–water partition coefficient (Wildman–Crippen LogP) is 4.92. The lowest BCUT2D eigenvalue weighted by atomic mass is 10.2. The Balaban J connectivity index is 1.88. The summed E-state index contributed by atoms with van der Waals surface area (Å²) in [4.78, 5) is 12.3. The van der Waals surface area contributed by atoms with Crippen molar-refractivity contribution in [2.24, 2.45) is 0 Å². The van der Waals surface area contributed by atoms with Crippen LogP contribution >= 0.6 is 11.6 Å². The van der Waals surface area contributed by atoms with Crippen molar-refractivity contribution in [1.29, 1.82) is 0 Å². The zero-order valence-corrected chi connectivity index (χ0v) is 14.7. The number of nitrogens with zero attached hydrogens (tertiary/aromatic N) is 3. The number of alkyl halides is 3. The van der Waals surface area contributed by atoms with E-state index in [4.69, 9.17) is 17.3 Å². The highest BCUT2D eigenvalue weighted by molar-refractivity contribution is 6.31. The van der Waals surface area contributed by atoms with E-state index in [9.17, 15) is 13.2 Å². The summed E-state index contributed by atoms with van der Waals surface area (Å²) in [6.07, 6.45) is -3.34. The number of nitrogens with one attached hydrogen (secondary N) is 2. The minimum atomic E-state index is -4.57. The van der Waals surface area contributed by atoms with Gasteiger partial charge in [-0.25, -0.2) is 15.0 Å². The van der Waals surface area contributed by atoms with Gasteiger partial charge in [-0.05, 0) is 37.3 Å². The van der Waals surface area contributed by atoms with Crippen molar-refractivity contribution in [3.05, 3.63) is 59.0 Å². The number of nitrogens with two attached hydrogens (primary N) is 1. The Morgan fingerprint density at radius 3 is 2.41 bits per heavy atom. The van der Waals surface area contributed by atoms with E-state index in [-0.39, 0.29) is 23.0 Å². The van der Waals surface area contributed by atoms with Gasteiger partial charge in [0.2, 0.25) is 0 Å². The molecule has 27 heavy (non-hydrogen) atoms. The van der Waals surface area contributed by atoms with E-state index in [0.29, 0.717) is 5.82 Å². The molecule has 0 radical (unpaired) electrons. The first-order chi connectivity index (χ1) is 12.7. The maximum absolute atomic E-state index is 13.0. The highest BCUT2D eigenvalue weighted by Gasteiger charge is 2.33. The molecule has 2 aromatic heterocycles. The van der Waals surface area contributed by atoms with E-state index < -0.39 is 16.8 Å². The number of hydrogen-bond acceptors (Lipinski definition) is 6. The molecule has 0 aliphatic heterocycles. The Labute approximate surface area is 157 Å². The first kappa shape index (κ1) is 18.7. The Bertz CT molecular complexity index is 977. The van der Waals surface area contributed by atoms with Gasteiger partial charge in [-0.2, -0.15) is 13.2 Å². The van der Waals surface area contributed by atoms with Gasteiger partial charge in [0.15, 0.2) is 11.6 Å². The van der Waals surface area contributed by atoms with Gasteiger partial charge in [0.05, 0.1) is 10.6 Å². The third-order valence-electron chi connectivity index (χ3n) is 3.55. The number of aryl methyl sites for hydroxylation is 1. The Hall–Kier alpha value is -3.07. The van der Waals surface area contributed by atoms with Crippen molar-refractivity contribution < 1.29 is 13.2 Å². The first-order valence-corrected chi connectivity index (χ1v) is 8.07. The third kappa shape index (κ3) is 4.37. The van der Waals surface area contributed by atoms with Crippen LogP contribution in [0.15, 0.2) is 42.7 Å². The normalized spacial score (nSPS) is 11.3. The van der Waals surface area contributed by atoms with Crippen LogP contribution in [0, 0.1) is 6.92 Å². The number of nitrogen functional groups attached to an aromatic ring is 1. The minimum absolute atomic E-state index is 0.129. The van der Waals surface area contributed by atoms with Crippen LogP contribution in [0.4, 0.5) is 42.0 Å². The fraction of sp³-hybridized carbons (Fsp3) is 0.118. The number of aromatic nitrogens is 3. The molecule has 0 saturated heterocycles. The zero-order chi connectivity index (χ0) is 19.6. The van der Waals surface area contributed by atoms with Crippen molar-refractivity contribution in [1.82, 2.24) is 15.0 Å². The van der Waals surface area contributed by atoms with Crippen LogP contribution in [0.25, 0.3) is 0 Å². The molecule has 0 fully saturated rings. The smallest absolute Gasteiger partial charge is 0.393 e. The molecule has 0 aliphatic carbocycles. The molecular formula is C17H14ClF3N6. The molecule has 0 unspecified atom stereocenters. The lowest BCUT2D eigenvalue weighted by Gasteiger charge is -2.14. The average molecular weight is 395 g/mol. The van der Waals surface area contributed by atoms with E-state index in [0.717, 1.165) is 17.8 Å². The highest BCUT2D eigenvalue weighted by atomic mass is 35.5. The van der Waals surface area contributed by atoms with Crippen molar-refractivity contribution >= 4 is 40.4 Å². The van der Waals surface area contributed by atoms with Gasteiger partial charge in [0.25, 0.3) is 0 Å². The molecule has 3 rings (SSSR count). The van der Waals surface area contributed by atoms with Gasteiger partial charge in [0.1, 0.15) is 17.8 Å². The predicted molar refractivity (Wildman–Crippen MR) is 98.4 cm³/mol. The van der Waals surface area contributed by atoms with E-state index in [1.54, 1.807) is 6.07 Å². The third-order valence-corrected chi connectivity index (χ3v) is 3.88. The van der Waals surface area contributed by atoms with Crippen LogP contribution in [0.5, 0.6) is 0 Å². The van der Waals surface area contributed by atoms with Gasteiger partial charge in [-0.3, -0.25) is 0 Å². The van der Waals surface area contributed by atoms with Gasteiger partial charge in [-0.15, -0.1) is 0 Å². The fourth-order valence-electron chi connectivity index (χ4n) is 2.29. The molecule has 6 nitrogen and oxygen atoms in total. The largest absolute Gasteiger partial charge is 0.417 e. The molecule has 0 atom stereocenters. The van der Waals surface area contributed by atoms with Gasteiger partial charge < -0.3 is 16.4 Å². The summed E-state index contributed by atoms with van der Waals surface area (Å²) in [5, 5.41) is 5.32. The minimum Gasteiger partial charge on any atom is -0.393 e. The lowest BCUT2D eigenvalue weighted by Crippen LogP contribution is -2.08. The summed E-state index contributed by atoms with van der Waals surface area (Å²) >= 11 is 5.63. The molecular weight excluding hydrogens is 381 g/mol. The molecule has 0 aliphatic rings. The zero-order valence-electron chi connectivity index (χ0n) is 14.0. The van der Waals surface area contributed by atoms with Crippen LogP contribution < -0.4 is 16.4 Å². The number of anilines is 5. The van der Waals surface area contributed by atoms with Gasteiger partial charge in [0, 0.05) is 11.4 Å². The number of benzene rings is 1. The molecule has 1 aromatic carbocycles. The van der Waals surface area contributed by atoms with Crippen molar-refractivity contribution in [3.63, 3.8) is 0 Å². The van der Waals surface area contributed by atoms with Crippen LogP contribution in [0.3, 0.4) is 0 Å². The summed E-state index contributed by atoms with van der Waals surface area (Å²) in [6, 6.07) is 8.82. The quantitative estimate of drug-likeness (QED) is 0.582. The SMILES string of the molecule is Cc1cccc(Nc2ncnc(Nc3ccc(Cl)c(C(F)(F)F)c3)c2N)n1. The maximum Gasteiger partial charge on any atom is 0.417 e. The van der Waals surface area contributed by atoms with Crippen LogP contribution in [-0.2, 0) is 6.18 Å². The van der Waals surface area contributed by atoms with Crippen molar-refractivity contribution in [2.45, 2.75) is 13.1 Å². The number of halogens is 4. The summed E-state index contributed by atoms with van der Waals surface area (Å²) in [7, 11) is 0. The molecule has 4 N–H and O–H groups in total. The summed E-state index contributed by atoms with van der Waals surface area (Å²) < 4.78 is 39.0. The van der Waals surface area contributed by atoms with Crippen LogP contribution in [0.1, 0.15) is 11.3 Å². The van der Waals surface area contributed by atoms with Crippen LogP contribution in [-0.4, -0.2) is 15.0 Å². The molecule has 0 spiro atoms. The molecule has 2 heterocycles. The Kier molecular flexibility index (Phi) is 5.04. The Morgan fingerprint density at radius 1 is 1.04 bits per heavy atom. The first-order valence-electron chi connectivity index (χ1n) is 7.69. The average Bonchev–Trinajstić information content (AvgIpc) is 2.59. The van der Waals surface area contributed by atoms with Crippen LogP contribution in [0.2, 0.25) is 5.02 Å². The van der Waals surface area contributed by atoms with Gasteiger partial charge in [-0.1, -0.05) is 17.7 Å². The van der Waals surface area contributed by atoms with E-state index in [1.807, 2.05) is 19.1 Å². The molecule has 0 saturated carbocycles. The summed E-state index contributed by atoms with van der Waals surface area (Å²) in [5.41, 5.74) is 6.15. The highest BCUT2D eigenvalue weighted by Crippen LogP contribution is 2.37. The van der Waals surface area contributed by atoms with E-state index in [2.05, 4.69) is 25.6 Å². The molecule has 0 bridgehead atoms. The summed E-state index contributed by atoms with van der Waals surface area (Å²) in [6.45, 7) is 1.83. The number of rotatable bonds is 4. The monoisotopic (exact) mass is 394 g/mol. The number of pyridine rings is 1. The molecule has 140 valence electrons. The van der Waals surface area contributed by atoms with Crippen molar-refractivity contribution in [3.8, 4) is 0 Å². The van der Waals surface area contributed by atoms with Gasteiger partial charge >= 0.3 is 6.18 Å². The molecule has 3 aromatic rings. The molecule has 0 amide bonds. The topological polar surface area (TPSA) is 88.8 Å². The molecule has 10 heteroatoms. The second-order valence-corrected chi connectivity index (χ2v) is 6.00. The number of hydrogen-bond donors (Lipinski definition) is 3. The van der Waals surface area contributed by atoms with Crippen molar-refractivity contribution in [2.75, 3.05) is 16.4 Å². The second-order valence-electron chi connectivity index (χ2n) is 5.59. The van der Waals surface area contributed by atoms with E-state index >= 15 is 0 Å². The van der Waals surface area contributed by atoms with E-state index in [1.165, 1.54) is 12.4 Å². The standard InChI is InChI=1S/C17H14ClF3N6/c1-9-3-2-4-13(25-9)27-16-14(22)15(23-8-24-16)26-10-5-6-12(18)11(7-10)17(19,20)21/h2-8H,22H2,1H3,(H2,23,24,25,26,27). The maximum atomic E-state index is 13.0. The second kappa shape index (κ2) is 7.28. The fourth-order valence-corrected chi connectivity index (χ4v) is 2.51.